The Hall–Kier alpha value is -0.840. The molecule has 0 aromatic heterocycles. The van der Waals surface area contributed by atoms with Gasteiger partial charge in [0.05, 0.1) is 10.4 Å². The second-order valence-electron chi connectivity index (χ2n) is 3.67. The zero-order valence-corrected chi connectivity index (χ0v) is 11.0. The smallest absolute Gasteiger partial charge is 0.293 e. The predicted molar refractivity (Wildman–Crippen MR) is 63.5 cm³/mol. The number of carbonyl (C=O) groups excluding carboxylic acids is 1. The van der Waals surface area contributed by atoms with Crippen molar-refractivity contribution in [1.29, 1.82) is 0 Å². The first kappa shape index (κ1) is 14.2. The van der Waals surface area contributed by atoms with Crippen molar-refractivity contribution in [2.45, 2.75) is 31.3 Å². The molecule has 1 unspecified atom stereocenters. The number of carbonyl (C=O) groups is 1. The number of hydrogen-bond donors (Lipinski definition) is 0. The Bertz CT molecular complexity index is 424. The van der Waals surface area contributed by atoms with Gasteiger partial charge in [-0.25, -0.2) is 0 Å². The standard InChI is InChI=1S/C12H12BrF3O/c1-3-8-5-4-6-9(11(17)7(2)13)10(8)12(14,15)16/h4-7H,3H2,1-2H3. The van der Waals surface area contributed by atoms with Crippen LogP contribution in [0, 0.1) is 0 Å². The first-order valence-electron chi connectivity index (χ1n) is 5.16. The lowest BCUT2D eigenvalue weighted by atomic mass is 9.95. The lowest BCUT2D eigenvalue weighted by molar-refractivity contribution is -0.138. The van der Waals surface area contributed by atoms with Crippen LogP contribution in [0.5, 0.6) is 0 Å². The average molecular weight is 309 g/mol. The van der Waals surface area contributed by atoms with Crippen molar-refractivity contribution in [2.24, 2.45) is 0 Å². The molecule has 0 fully saturated rings. The molecule has 94 valence electrons. The summed E-state index contributed by atoms with van der Waals surface area (Å²) in [6.07, 6.45) is -4.26. The predicted octanol–water partition coefficient (Wildman–Crippen LogP) is 4.23. The van der Waals surface area contributed by atoms with Gasteiger partial charge in [0.1, 0.15) is 0 Å². The van der Waals surface area contributed by atoms with Gasteiger partial charge in [-0.2, -0.15) is 13.2 Å². The fourth-order valence-electron chi connectivity index (χ4n) is 1.65. The molecule has 1 rings (SSSR count). The van der Waals surface area contributed by atoms with E-state index in [0.717, 1.165) is 0 Å². The highest BCUT2D eigenvalue weighted by atomic mass is 79.9. The van der Waals surface area contributed by atoms with E-state index in [0.29, 0.717) is 0 Å². The molecule has 0 aliphatic carbocycles. The van der Waals surface area contributed by atoms with E-state index in [1.54, 1.807) is 6.92 Å². The quantitative estimate of drug-likeness (QED) is 0.603. The van der Waals surface area contributed by atoms with E-state index in [4.69, 9.17) is 0 Å². The third-order valence-corrected chi connectivity index (χ3v) is 2.86. The molecule has 0 N–H and O–H groups in total. The van der Waals surface area contributed by atoms with Gasteiger partial charge >= 0.3 is 6.18 Å². The number of ketones is 1. The molecule has 0 saturated carbocycles. The van der Waals surface area contributed by atoms with Gasteiger partial charge in [-0.1, -0.05) is 41.1 Å². The Labute approximate surface area is 106 Å². The Balaban J connectivity index is 3.45. The molecule has 0 aliphatic heterocycles. The van der Waals surface area contributed by atoms with E-state index >= 15 is 0 Å². The van der Waals surface area contributed by atoms with Crippen molar-refractivity contribution in [2.75, 3.05) is 0 Å². The molecule has 5 heteroatoms. The minimum Gasteiger partial charge on any atom is -0.293 e. The monoisotopic (exact) mass is 308 g/mol. The molecule has 0 spiro atoms. The maximum absolute atomic E-state index is 13.0. The number of rotatable bonds is 3. The Kier molecular flexibility index (Phi) is 4.36. The lowest BCUT2D eigenvalue weighted by Gasteiger charge is -2.16. The van der Waals surface area contributed by atoms with Crippen LogP contribution in [-0.4, -0.2) is 10.6 Å². The second kappa shape index (κ2) is 5.21. The summed E-state index contributed by atoms with van der Waals surface area (Å²) in [6, 6.07) is 4.11. The summed E-state index contributed by atoms with van der Waals surface area (Å²) in [5.74, 6) is -0.548. The third-order valence-electron chi connectivity index (χ3n) is 2.44. The largest absolute Gasteiger partial charge is 0.417 e. The van der Waals surface area contributed by atoms with Gasteiger partial charge in [0, 0.05) is 5.56 Å². The number of benzene rings is 1. The van der Waals surface area contributed by atoms with Gasteiger partial charge in [-0.3, -0.25) is 4.79 Å². The van der Waals surface area contributed by atoms with Gasteiger partial charge in [-0.05, 0) is 18.9 Å². The topological polar surface area (TPSA) is 17.1 Å². The minimum atomic E-state index is -4.50. The lowest BCUT2D eigenvalue weighted by Crippen LogP contribution is -2.19. The molecule has 1 atom stereocenters. The van der Waals surface area contributed by atoms with Crippen LogP contribution < -0.4 is 0 Å². The maximum Gasteiger partial charge on any atom is 0.417 e. The van der Waals surface area contributed by atoms with E-state index in [-0.39, 0.29) is 17.5 Å². The van der Waals surface area contributed by atoms with Gasteiger partial charge < -0.3 is 0 Å². The molecular formula is C12H12BrF3O. The molecule has 0 bridgehead atoms. The van der Waals surface area contributed by atoms with E-state index in [9.17, 15) is 18.0 Å². The summed E-state index contributed by atoms with van der Waals surface area (Å²) in [4.78, 5) is 11.1. The van der Waals surface area contributed by atoms with Gasteiger partial charge in [0.15, 0.2) is 5.78 Å². The van der Waals surface area contributed by atoms with Gasteiger partial charge in [-0.15, -0.1) is 0 Å². The summed E-state index contributed by atoms with van der Waals surface area (Å²) >= 11 is 3.01. The van der Waals surface area contributed by atoms with Crippen molar-refractivity contribution in [3.63, 3.8) is 0 Å². The number of alkyl halides is 4. The van der Waals surface area contributed by atoms with Crippen molar-refractivity contribution in [1.82, 2.24) is 0 Å². The molecule has 1 aromatic carbocycles. The van der Waals surface area contributed by atoms with Crippen molar-refractivity contribution < 1.29 is 18.0 Å². The highest BCUT2D eigenvalue weighted by molar-refractivity contribution is 9.10. The van der Waals surface area contributed by atoms with E-state index in [1.807, 2.05) is 0 Å². The molecule has 0 aliphatic rings. The molecule has 17 heavy (non-hydrogen) atoms. The van der Waals surface area contributed by atoms with Crippen LogP contribution in [-0.2, 0) is 12.6 Å². The maximum atomic E-state index is 13.0. The molecule has 1 aromatic rings. The van der Waals surface area contributed by atoms with E-state index in [1.165, 1.54) is 25.1 Å². The summed E-state index contributed by atoms with van der Waals surface area (Å²) in [5, 5.41) is 0. The molecule has 0 radical (unpaired) electrons. The number of hydrogen-bond acceptors (Lipinski definition) is 1. The third kappa shape index (κ3) is 3.09. The minimum absolute atomic E-state index is 0.150. The first-order chi connectivity index (χ1) is 7.79. The van der Waals surface area contributed by atoms with Crippen molar-refractivity contribution in [3.8, 4) is 0 Å². The normalized spacial score (nSPS) is 13.5. The van der Waals surface area contributed by atoms with Crippen LogP contribution in [0.1, 0.15) is 35.3 Å². The van der Waals surface area contributed by atoms with Crippen LogP contribution in [0.25, 0.3) is 0 Å². The Morgan fingerprint density at radius 1 is 1.41 bits per heavy atom. The number of halogens is 4. The molecule has 0 heterocycles. The molecule has 0 saturated heterocycles. The summed E-state index contributed by atoms with van der Waals surface area (Å²) in [6.45, 7) is 3.15. The van der Waals surface area contributed by atoms with Crippen LogP contribution >= 0.6 is 15.9 Å². The number of aryl methyl sites for hydroxylation is 1. The second-order valence-corrected chi connectivity index (χ2v) is 5.04. The highest BCUT2D eigenvalue weighted by Gasteiger charge is 2.37. The fraction of sp³-hybridized carbons (Fsp3) is 0.417. The zero-order chi connectivity index (χ0) is 13.2. The molecular weight excluding hydrogens is 297 g/mol. The van der Waals surface area contributed by atoms with Crippen molar-refractivity contribution >= 4 is 21.7 Å². The SMILES string of the molecule is CCc1cccc(C(=O)C(C)Br)c1C(F)(F)F. The van der Waals surface area contributed by atoms with Crippen molar-refractivity contribution in [3.05, 3.63) is 34.9 Å². The van der Waals surface area contributed by atoms with E-state index < -0.39 is 22.4 Å². The van der Waals surface area contributed by atoms with Crippen LogP contribution in [0.4, 0.5) is 13.2 Å². The Morgan fingerprint density at radius 2 is 2.00 bits per heavy atom. The zero-order valence-electron chi connectivity index (χ0n) is 9.44. The van der Waals surface area contributed by atoms with Gasteiger partial charge in [0.25, 0.3) is 0 Å². The summed E-state index contributed by atoms with van der Waals surface area (Å²) in [5.41, 5.74) is -0.920. The van der Waals surface area contributed by atoms with Crippen LogP contribution in [0.3, 0.4) is 0 Å². The number of Topliss-reactive ketones (excluding diaryl/α,β-unsaturated/α-hetero) is 1. The molecule has 1 nitrogen and oxygen atoms in total. The van der Waals surface area contributed by atoms with Crippen LogP contribution in [0.15, 0.2) is 18.2 Å². The first-order valence-corrected chi connectivity index (χ1v) is 6.08. The fourth-order valence-corrected chi connectivity index (χ4v) is 1.90. The summed E-state index contributed by atoms with van der Waals surface area (Å²) in [7, 11) is 0. The Morgan fingerprint density at radius 3 is 2.41 bits per heavy atom. The van der Waals surface area contributed by atoms with Crippen LogP contribution in [0.2, 0.25) is 0 Å². The van der Waals surface area contributed by atoms with E-state index in [2.05, 4.69) is 15.9 Å². The molecule has 0 amide bonds. The highest BCUT2D eigenvalue weighted by Crippen LogP contribution is 2.35. The average Bonchev–Trinajstić information content (AvgIpc) is 2.25. The summed E-state index contributed by atoms with van der Waals surface area (Å²) < 4.78 is 38.9. The van der Waals surface area contributed by atoms with Gasteiger partial charge in [0.2, 0.25) is 0 Å².